The van der Waals surface area contributed by atoms with Gasteiger partial charge in [0.15, 0.2) is 5.49 Å². The number of aliphatic carboxylic acids is 1. The summed E-state index contributed by atoms with van der Waals surface area (Å²) in [5, 5.41) is 9.89. The molecule has 6 nitrogen and oxygen atoms in total. The zero-order chi connectivity index (χ0) is 26.9. The molecular weight excluding hydrogens is 459 g/mol. The number of unbranched alkanes of at least 4 members (excludes halogenated alkanes) is 1. The lowest BCUT2D eigenvalue weighted by Gasteiger charge is -2.29. The van der Waals surface area contributed by atoms with Gasteiger partial charge in [0, 0.05) is 36.3 Å². The van der Waals surface area contributed by atoms with Crippen molar-refractivity contribution in [1.29, 1.82) is 0 Å². The van der Waals surface area contributed by atoms with Crippen LogP contribution in [0.5, 0.6) is 0 Å². The first-order valence-electron chi connectivity index (χ1n) is 11.7. The topological polar surface area (TPSA) is 76.6 Å². The molecule has 2 aromatic rings. The van der Waals surface area contributed by atoms with Crippen molar-refractivity contribution in [3.8, 4) is 0 Å². The van der Waals surface area contributed by atoms with Crippen LogP contribution in [0.4, 0.5) is 13.2 Å². The molecule has 1 amide bonds. The van der Waals surface area contributed by atoms with E-state index in [1.165, 1.54) is 0 Å². The summed E-state index contributed by atoms with van der Waals surface area (Å²) >= 11 is 0. The molecule has 1 aromatic heterocycles. The summed E-state index contributed by atoms with van der Waals surface area (Å²) in [7, 11) is 1.86. The number of carboxylic acids is 1. The Kier molecular flexibility index (Phi) is 8.14. The lowest BCUT2D eigenvalue weighted by molar-refractivity contribution is -0.141. The molecule has 1 N–H and O–H groups in total. The summed E-state index contributed by atoms with van der Waals surface area (Å²) in [5.41, 5.74) is -1.26. The number of carbonyl (C=O) groups is 2. The van der Waals surface area contributed by atoms with Gasteiger partial charge in [0.25, 0.3) is 5.91 Å². The van der Waals surface area contributed by atoms with Crippen LogP contribution in [0.1, 0.15) is 94.4 Å². The van der Waals surface area contributed by atoms with Crippen LogP contribution in [-0.2, 0) is 30.0 Å². The second-order valence-electron chi connectivity index (χ2n) is 11.0. The predicted octanol–water partition coefficient (Wildman–Crippen LogP) is 5.90. The minimum Gasteiger partial charge on any atom is -0.481 e. The highest BCUT2D eigenvalue weighted by molar-refractivity contribution is 5.98. The lowest BCUT2D eigenvalue weighted by Crippen LogP contribution is -2.29. The van der Waals surface area contributed by atoms with E-state index in [1.54, 1.807) is 26.8 Å². The van der Waals surface area contributed by atoms with Crippen molar-refractivity contribution in [2.45, 2.75) is 85.4 Å². The molecule has 194 valence electrons. The third-order valence-corrected chi connectivity index (χ3v) is 5.98. The Morgan fingerprint density at radius 3 is 2.11 bits per heavy atom. The SMILES string of the molecule is CCCCn1c(=NC(=O)c2cc(C(F)(F)F)ccc2C(C(=O)O)C(C)(C)C)cc(C(C)(C)C)n1C. The van der Waals surface area contributed by atoms with Crippen molar-refractivity contribution in [1.82, 2.24) is 9.36 Å². The molecule has 0 saturated carbocycles. The molecule has 1 atom stereocenters. The summed E-state index contributed by atoms with van der Waals surface area (Å²) in [6.07, 6.45) is -2.97. The number of halogens is 3. The Labute approximate surface area is 204 Å². The van der Waals surface area contributed by atoms with E-state index in [1.807, 2.05) is 44.1 Å². The van der Waals surface area contributed by atoms with Crippen LogP contribution in [0, 0.1) is 5.41 Å². The highest BCUT2D eigenvalue weighted by atomic mass is 19.4. The van der Waals surface area contributed by atoms with Gasteiger partial charge in [0.2, 0.25) is 0 Å². The van der Waals surface area contributed by atoms with Gasteiger partial charge in [-0.1, -0.05) is 61.0 Å². The molecule has 0 radical (unpaired) electrons. The third-order valence-electron chi connectivity index (χ3n) is 5.98. The number of carboxylic acid groups (broad SMARTS) is 1. The van der Waals surface area contributed by atoms with Gasteiger partial charge in [-0.3, -0.25) is 19.0 Å². The van der Waals surface area contributed by atoms with Crippen molar-refractivity contribution in [3.05, 3.63) is 52.1 Å². The van der Waals surface area contributed by atoms with Crippen LogP contribution in [-0.4, -0.2) is 26.3 Å². The molecule has 35 heavy (non-hydrogen) atoms. The molecule has 1 heterocycles. The summed E-state index contributed by atoms with van der Waals surface area (Å²) in [6, 6.07) is 4.38. The number of aromatic nitrogens is 2. The molecule has 0 spiro atoms. The quantitative estimate of drug-likeness (QED) is 0.542. The Balaban J connectivity index is 2.83. The van der Waals surface area contributed by atoms with Crippen LogP contribution in [0.3, 0.4) is 0 Å². The monoisotopic (exact) mass is 495 g/mol. The average Bonchev–Trinajstić information content (AvgIpc) is 2.99. The highest BCUT2D eigenvalue weighted by Gasteiger charge is 2.38. The molecule has 0 aliphatic rings. The molecule has 1 unspecified atom stereocenters. The van der Waals surface area contributed by atoms with Gasteiger partial charge >= 0.3 is 12.1 Å². The first kappa shape index (κ1) is 28.4. The van der Waals surface area contributed by atoms with E-state index in [-0.39, 0.29) is 16.5 Å². The van der Waals surface area contributed by atoms with E-state index in [9.17, 15) is 27.9 Å². The number of amides is 1. The second-order valence-corrected chi connectivity index (χ2v) is 11.0. The highest BCUT2D eigenvalue weighted by Crippen LogP contribution is 2.39. The van der Waals surface area contributed by atoms with Gasteiger partial charge < -0.3 is 5.11 Å². The average molecular weight is 496 g/mol. The van der Waals surface area contributed by atoms with E-state index < -0.39 is 34.9 Å². The summed E-state index contributed by atoms with van der Waals surface area (Å²) in [5.74, 6) is -3.33. The van der Waals surface area contributed by atoms with Gasteiger partial charge in [-0.2, -0.15) is 18.2 Å². The number of hydrogen-bond acceptors (Lipinski definition) is 2. The number of nitrogens with zero attached hydrogens (tertiary/aromatic N) is 3. The van der Waals surface area contributed by atoms with E-state index >= 15 is 0 Å². The van der Waals surface area contributed by atoms with Gasteiger partial charge in [0.05, 0.1) is 11.5 Å². The predicted molar refractivity (Wildman–Crippen MR) is 128 cm³/mol. The summed E-state index contributed by atoms with van der Waals surface area (Å²) < 4.78 is 44.3. The fourth-order valence-corrected chi connectivity index (χ4v) is 4.24. The Hall–Kier alpha value is -2.84. The zero-order valence-corrected chi connectivity index (χ0v) is 21.7. The van der Waals surface area contributed by atoms with Gasteiger partial charge in [-0.25, -0.2) is 0 Å². The normalized spacial score (nSPS) is 14.3. The van der Waals surface area contributed by atoms with Crippen molar-refractivity contribution >= 4 is 11.9 Å². The lowest BCUT2D eigenvalue weighted by atomic mass is 9.74. The molecule has 1 aromatic carbocycles. The molecule has 2 rings (SSSR count). The van der Waals surface area contributed by atoms with Crippen LogP contribution >= 0.6 is 0 Å². The molecule has 9 heteroatoms. The molecule has 0 aliphatic heterocycles. The van der Waals surface area contributed by atoms with Gasteiger partial charge in [0.1, 0.15) is 0 Å². The van der Waals surface area contributed by atoms with Gasteiger partial charge in [-0.15, -0.1) is 0 Å². The fourth-order valence-electron chi connectivity index (χ4n) is 4.24. The summed E-state index contributed by atoms with van der Waals surface area (Å²) in [4.78, 5) is 29.8. The number of carbonyl (C=O) groups excluding carboxylic acids is 1. The maximum absolute atomic E-state index is 13.5. The van der Waals surface area contributed by atoms with Crippen molar-refractivity contribution < 1.29 is 27.9 Å². The van der Waals surface area contributed by atoms with Crippen molar-refractivity contribution in [2.75, 3.05) is 0 Å². The second kappa shape index (κ2) is 10.0. The maximum Gasteiger partial charge on any atom is 0.416 e. The Morgan fingerprint density at radius 1 is 1.06 bits per heavy atom. The smallest absolute Gasteiger partial charge is 0.416 e. The fraction of sp³-hybridized carbons (Fsp3) is 0.577. The molecule has 0 bridgehead atoms. The molecule has 0 aliphatic carbocycles. The molecular formula is C26H36F3N3O3. The Bertz CT molecular complexity index is 1160. The van der Waals surface area contributed by atoms with Crippen LogP contribution in [0.2, 0.25) is 0 Å². The van der Waals surface area contributed by atoms with E-state index in [0.717, 1.165) is 30.7 Å². The molecule has 0 fully saturated rings. The van der Waals surface area contributed by atoms with E-state index in [2.05, 4.69) is 4.99 Å². The van der Waals surface area contributed by atoms with Crippen LogP contribution in [0.15, 0.2) is 29.3 Å². The number of hydrogen-bond donors (Lipinski definition) is 1. The van der Waals surface area contributed by atoms with Crippen LogP contribution in [0.25, 0.3) is 0 Å². The first-order chi connectivity index (χ1) is 15.9. The maximum atomic E-state index is 13.5. The standard InChI is InChI=1S/C26H36F3N3O3/c1-9-10-13-32-20(15-19(31(32)8)24(2,3)4)30-22(33)18-14-16(26(27,28)29)11-12-17(18)21(23(34)35)25(5,6)7/h11-12,14-15,21H,9-10,13H2,1-8H3,(H,34,35). The largest absolute Gasteiger partial charge is 0.481 e. The van der Waals surface area contributed by atoms with E-state index in [0.29, 0.717) is 18.1 Å². The minimum absolute atomic E-state index is 0.0128. The Morgan fingerprint density at radius 2 is 1.66 bits per heavy atom. The third kappa shape index (κ3) is 6.44. The summed E-state index contributed by atoms with van der Waals surface area (Å²) in [6.45, 7) is 13.7. The van der Waals surface area contributed by atoms with Crippen molar-refractivity contribution in [3.63, 3.8) is 0 Å². The van der Waals surface area contributed by atoms with E-state index in [4.69, 9.17) is 0 Å². The van der Waals surface area contributed by atoms with Crippen LogP contribution < -0.4 is 5.49 Å². The van der Waals surface area contributed by atoms with Gasteiger partial charge in [-0.05, 0) is 29.5 Å². The first-order valence-corrected chi connectivity index (χ1v) is 11.7. The number of benzene rings is 1. The minimum atomic E-state index is -4.69. The van der Waals surface area contributed by atoms with Crippen molar-refractivity contribution in [2.24, 2.45) is 17.5 Å². The molecule has 0 saturated heterocycles. The number of rotatable bonds is 6. The number of alkyl halides is 3. The zero-order valence-electron chi connectivity index (χ0n) is 21.7.